The molecule has 2 aromatic carbocycles. The van der Waals surface area contributed by atoms with Crippen LogP contribution in [0.2, 0.25) is 0 Å². The molecule has 1 unspecified atom stereocenters. The Bertz CT molecular complexity index is 890. The first-order valence-corrected chi connectivity index (χ1v) is 9.65. The molecule has 2 aromatic rings. The molecule has 0 aliphatic carbocycles. The summed E-state index contributed by atoms with van der Waals surface area (Å²) >= 11 is 0. The van der Waals surface area contributed by atoms with Crippen LogP contribution in [0.3, 0.4) is 0 Å². The number of rotatable bonds is 4. The van der Waals surface area contributed by atoms with Crippen molar-refractivity contribution in [2.45, 2.75) is 43.7 Å². The normalized spacial score (nSPS) is 19.0. The number of para-hydroxylation sites is 1. The summed E-state index contributed by atoms with van der Waals surface area (Å²) in [7, 11) is -2.10. The molecular formula is C19H23NO4S. The number of ether oxygens (including phenoxy) is 2. The van der Waals surface area contributed by atoms with Gasteiger partial charge in [-0.05, 0) is 50.6 Å². The van der Waals surface area contributed by atoms with E-state index in [-0.39, 0.29) is 10.9 Å². The van der Waals surface area contributed by atoms with Crippen LogP contribution in [0.4, 0.5) is 0 Å². The Morgan fingerprint density at radius 3 is 2.60 bits per heavy atom. The van der Waals surface area contributed by atoms with Crippen molar-refractivity contribution in [3.8, 4) is 11.5 Å². The molecule has 1 aliphatic heterocycles. The highest BCUT2D eigenvalue weighted by atomic mass is 32.2. The van der Waals surface area contributed by atoms with Crippen LogP contribution in [0, 0.1) is 6.92 Å². The van der Waals surface area contributed by atoms with Gasteiger partial charge in [0.15, 0.2) is 0 Å². The molecule has 0 spiro atoms. The zero-order valence-corrected chi connectivity index (χ0v) is 15.7. The number of nitrogens with one attached hydrogen (secondary N) is 1. The lowest BCUT2D eigenvalue weighted by Gasteiger charge is -2.37. The van der Waals surface area contributed by atoms with Crippen LogP contribution in [-0.2, 0) is 10.0 Å². The van der Waals surface area contributed by atoms with Crippen LogP contribution in [0.25, 0.3) is 0 Å². The summed E-state index contributed by atoms with van der Waals surface area (Å²) in [6.45, 7) is 5.74. The molecule has 0 fully saturated rings. The summed E-state index contributed by atoms with van der Waals surface area (Å²) in [5, 5.41) is 0. The maximum absolute atomic E-state index is 12.9. The number of fused-ring (bicyclic) bond motifs is 1. The van der Waals surface area contributed by atoms with Crippen LogP contribution < -0.4 is 14.2 Å². The Kier molecular flexibility index (Phi) is 4.51. The molecule has 3 rings (SSSR count). The van der Waals surface area contributed by atoms with Gasteiger partial charge in [0.25, 0.3) is 0 Å². The smallest absolute Gasteiger partial charge is 0.241 e. The van der Waals surface area contributed by atoms with Gasteiger partial charge in [0.1, 0.15) is 17.1 Å². The number of hydrogen-bond donors (Lipinski definition) is 1. The molecule has 0 aromatic heterocycles. The molecule has 6 heteroatoms. The molecule has 134 valence electrons. The van der Waals surface area contributed by atoms with E-state index >= 15 is 0 Å². The van der Waals surface area contributed by atoms with Crippen molar-refractivity contribution in [2.75, 3.05) is 7.11 Å². The second-order valence-corrected chi connectivity index (χ2v) is 8.62. The predicted octanol–water partition coefficient (Wildman–Crippen LogP) is 3.58. The van der Waals surface area contributed by atoms with Gasteiger partial charge in [-0.1, -0.05) is 18.2 Å². The predicted molar refractivity (Wildman–Crippen MR) is 96.6 cm³/mol. The molecular weight excluding hydrogens is 338 g/mol. The van der Waals surface area contributed by atoms with Crippen LogP contribution >= 0.6 is 0 Å². The van der Waals surface area contributed by atoms with E-state index in [1.54, 1.807) is 25.3 Å². The topological polar surface area (TPSA) is 64.6 Å². The van der Waals surface area contributed by atoms with E-state index in [0.29, 0.717) is 12.2 Å². The average Bonchev–Trinajstić information content (AvgIpc) is 2.53. The van der Waals surface area contributed by atoms with Crippen molar-refractivity contribution in [1.82, 2.24) is 4.72 Å². The minimum atomic E-state index is -3.66. The van der Waals surface area contributed by atoms with Crippen molar-refractivity contribution in [1.29, 1.82) is 0 Å². The minimum absolute atomic E-state index is 0.229. The SMILES string of the molecule is COc1ccc(S(=O)(=O)NC2CC(C)(C)Oc3ccccc32)cc1C. The molecule has 1 N–H and O–H groups in total. The second kappa shape index (κ2) is 6.35. The van der Waals surface area contributed by atoms with Crippen molar-refractivity contribution in [2.24, 2.45) is 0 Å². The Morgan fingerprint density at radius 1 is 1.20 bits per heavy atom. The van der Waals surface area contributed by atoms with Gasteiger partial charge < -0.3 is 9.47 Å². The zero-order chi connectivity index (χ0) is 18.2. The van der Waals surface area contributed by atoms with E-state index in [4.69, 9.17) is 9.47 Å². The van der Waals surface area contributed by atoms with Gasteiger partial charge in [-0.2, -0.15) is 0 Å². The lowest BCUT2D eigenvalue weighted by atomic mass is 9.90. The summed E-state index contributed by atoms with van der Waals surface area (Å²) in [4.78, 5) is 0.229. The standard InChI is InChI=1S/C19H23NO4S/c1-13-11-14(9-10-17(13)23-4)25(21,22)20-16-12-19(2,3)24-18-8-6-5-7-15(16)18/h5-11,16,20H,12H2,1-4H3. The molecule has 0 saturated heterocycles. The Balaban J connectivity index is 1.94. The molecule has 25 heavy (non-hydrogen) atoms. The van der Waals surface area contributed by atoms with Gasteiger partial charge in [0, 0.05) is 12.0 Å². The lowest BCUT2D eigenvalue weighted by molar-refractivity contribution is 0.0702. The second-order valence-electron chi connectivity index (χ2n) is 6.91. The van der Waals surface area contributed by atoms with Gasteiger partial charge >= 0.3 is 0 Å². The summed E-state index contributed by atoms with van der Waals surface area (Å²) in [5.74, 6) is 1.38. The minimum Gasteiger partial charge on any atom is -0.496 e. The third-order valence-electron chi connectivity index (χ3n) is 4.35. The molecule has 1 heterocycles. The Hall–Kier alpha value is -2.05. The molecule has 1 aliphatic rings. The fraction of sp³-hybridized carbons (Fsp3) is 0.368. The lowest BCUT2D eigenvalue weighted by Crippen LogP contribution is -2.41. The zero-order valence-electron chi connectivity index (χ0n) is 14.9. The van der Waals surface area contributed by atoms with Crippen molar-refractivity contribution in [3.63, 3.8) is 0 Å². The fourth-order valence-electron chi connectivity index (χ4n) is 3.18. The van der Waals surface area contributed by atoms with E-state index in [2.05, 4.69) is 4.72 Å². The van der Waals surface area contributed by atoms with Crippen molar-refractivity contribution >= 4 is 10.0 Å². The van der Waals surface area contributed by atoms with Gasteiger partial charge in [-0.15, -0.1) is 0 Å². The number of aryl methyl sites for hydroxylation is 1. The van der Waals surface area contributed by atoms with Gasteiger partial charge in [0.05, 0.1) is 18.0 Å². The Labute approximate surface area is 149 Å². The molecule has 0 saturated carbocycles. The first kappa shape index (κ1) is 17.8. The highest BCUT2D eigenvalue weighted by molar-refractivity contribution is 7.89. The van der Waals surface area contributed by atoms with Crippen LogP contribution in [0.15, 0.2) is 47.4 Å². The van der Waals surface area contributed by atoms with E-state index in [9.17, 15) is 8.42 Å². The average molecular weight is 361 g/mol. The van der Waals surface area contributed by atoms with Crippen LogP contribution in [0.5, 0.6) is 11.5 Å². The van der Waals surface area contributed by atoms with Gasteiger partial charge in [-0.3, -0.25) is 0 Å². The highest BCUT2D eigenvalue weighted by Gasteiger charge is 2.35. The largest absolute Gasteiger partial charge is 0.496 e. The van der Waals surface area contributed by atoms with Crippen molar-refractivity contribution in [3.05, 3.63) is 53.6 Å². The monoisotopic (exact) mass is 361 g/mol. The van der Waals surface area contributed by atoms with Crippen LogP contribution in [-0.4, -0.2) is 21.1 Å². The first-order valence-electron chi connectivity index (χ1n) is 8.17. The van der Waals surface area contributed by atoms with Gasteiger partial charge in [-0.25, -0.2) is 13.1 Å². The number of methoxy groups -OCH3 is 1. The third kappa shape index (κ3) is 3.65. The van der Waals surface area contributed by atoms with Crippen LogP contribution in [0.1, 0.15) is 37.4 Å². The maximum atomic E-state index is 12.9. The summed E-state index contributed by atoms with van der Waals surface area (Å²) in [6, 6.07) is 12.1. The quantitative estimate of drug-likeness (QED) is 0.904. The molecule has 0 bridgehead atoms. The number of hydrogen-bond acceptors (Lipinski definition) is 4. The van der Waals surface area contributed by atoms with E-state index in [1.807, 2.05) is 45.0 Å². The highest BCUT2D eigenvalue weighted by Crippen LogP contribution is 2.40. The fourth-order valence-corrected chi connectivity index (χ4v) is 4.48. The summed E-state index contributed by atoms with van der Waals surface area (Å²) < 4.78 is 39.8. The van der Waals surface area contributed by atoms with E-state index in [0.717, 1.165) is 16.9 Å². The third-order valence-corrected chi connectivity index (χ3v) is 5.82. The van der Waals surface area contributed by atoms with Gasteiger partial charge in [0.2, 0.25) is 10.0 Å². The number of sulfonamides is 1. The summed E-state index contributed by atoms with van der Waals surface area (Å²) in [6.07, 6.45) is 0.554. The first-order chi connectivity index (χ1) is 11.7. The van der Waals surface area contributed by atoms with E-state index < -0.39 is 15.6 Å². The van der Waals surface area contributed by atoms with E-state index in [1.165, 1.54) is 0 Å². The van der Waals surface area contributed by atoms with Crippen molar-refractivity contribution < 1.29 is 17.9 Å². The maximum Gasteiger partial charge on any atom is 0.241 e. The summed E-state index contributed by atoms with van der Waals surface area (Å²) in [5.41, 5.74) is 1.19. The molecule has 0 radical (unpaired) electrons. The molecule has 1 atom stereocenters. The molecule has 5 nitrogen and oxygen atoms in total. The Morgan fingerprint density at radius 2 is 1.92 bits per heavy atom. The molecule has 0 amide bonds. The number of benzene rings is 2.